The van der Waals surface area contributed by atoms with E-state index in [0.29, 0.717) is 29.1 Å². The number of hydrogen-bond acceptors (Lipinski definition) is 6. The third-order valence-corrected chi connectivity index (χ3v) is 6.67. The summed E-state index contributed by atoms with van der Waals surface area (Å²) in [5.41, 5.74) is 7.61. The minimum absolute atomic E-state index is 0.338. The summed E-state index contributed by atoms with van der Waals surface area (Å²) in [4.78, 5) is 4.70. The Balaban J connectivity index is 1.51. The van der Waals surface area contributed by atoms with Gasteiger partial charge in [0, 0.05) is 17.9 Å². The average Bonchev–Trinajstić information content (AvgIpc) is 3.68. The second-order valence-electron chi connectivity index (χ2n) is 9.24. The molecule has 3 aromatic heterocycles. The molecule has 194 valence electrons. The molecule has 3 aromatic carbocycles. The van der Waals surface area contributed by atoms with Gasteiger partial charge < -0.3 is 0 Å². The maximum atomic E-state index is 14.7. The fraction of sp³-hybridized carbons (Fsp3) is 0.143. The first-order valence-electron chi connectivity index (χ1n) is 12.3. The maximum Gasteiger partial charge on any atom is 0.123 e. The van der Waals surface area contributed by atoms with Crippen LogP contribution >= 0.6 is 11.6 Å². The number of aromatic nitrogens is 9. The van der Waals surface area contributed by atoms with Crippen LogP contribution in [0.4, 0.5) is 4.39 Å². The Hall–Kier alpha value is -4.70. The van der Waals surface area contributed by atoms with Gasteiger partial charge in [-0.25, -0.2) is 4.39 Å². The van der Waals surface area contributed by atoms with Crippen molar-refractivity contribution in [3.63, 3.8) is 0 Å². The lowest BCUT2D eigenvalue weighted by Crippen LogP contribution is -2.12. The van der Waals surface area contributed by atoms with Crippen molar-refractivity contribution >= 4 is 11.6 Å². The van der Waals surface area contributed by atoms with Crippen LogP contribution in [0.1, 0.15) is 33.4 Å². The lowest BCUT2D eigenvalue weighted by molar-refractivity contribution is 0.621. The summed E-state index contributed by atoms with van der Waals surface area (Å²) in [7, 11) is 0. The molecule has 39 heavy (non-hydrogen) atoms. The SMILES string of the molecule is Cc1ccc(Cc2cc(Cl)cc(Cc3cc(F)cc(C)c3-n3nccn3)c2-n2nccn2)c(-n2nccn2)c1. The highest BCUT2D eigenvalue weighted by atomic mass is 35.5. The largest absolute Gasteiger partial charge is 0.207 e. The van der Waals surface area contributed by atoms with Crippen LogP contribution in [0.3, 0.4) is 0 Å². The van der Waals surface area contributed by atoms with E-state index >= 15 is 0 Å². The molecule has 0 atom stereocenters. The number of benzene rings is 3. The predicted octanol–water partition coefficient (Wildman–Crippen LogP) is 5.02. The van der Waals surface area contributed by atoms with Gasteiger partial charge in [-0.2, -0.15) is 45.0 Å². The van der Waals surface area contributed by atoms with Gasteiger partial charge in [0.2, 0.25) is 0 Å². The highest BCUT2D eigenvalue weighted by Gasteiger charge is 2.20. The van der Waals surface area contributed by atoms with Crippen LogP contribution in [0.15, 0.2) is 79.6 Å². The van der Waals surface area contributed by atoms with Crippen molar-refractivity contribution in [3.8, 4) is 17.1 Å². The molecule has 0 unspecified atom stereocenters. The van der Waals surface area contributed by atoms with Crippen LogP contribution in [0.5, 0.6) is 0 Å². The summed E-state index contributed by atoms with van der Waals surface area (Å²) in [6.45, 7) is 3.87. The molecule has 0 fully saturated rings. The molecule has 0 spiro atoms. The van der Waals surface area contributed by atoms with E-state index in [0.717, 1.165) is 39.2 Å². The van der Waals surface area contributed by atoms with E-state index in [1.807, 2.05) is 32.0 Å². The molecular weight excluding hydrogens is 517 g/mol. The number of halogens is 2. The molecule has 0 N–H and O–H groups in total. The van der Waals surface area contributed by atoms with E-state index < -0.39 is 0 Å². The van der Waals surface area contributed by atoms with Crippen LogP contribution in [0.2, 0.25) is 5.02 Å². The summed E-state index contributed by atoms with van der Waals surface area (Å²) < 4.78 is 14.7. The van der Waals surface area contributed by atoms with Gasteiger partial charge in [-0.3, -0.25) is 0 Å². The smallest absolute Gasteiger partial charge is 0.123 e. The molecule has 6 rings (SSSR count). The normalized spacial score (nSPS) is 11.3. The second kappa shape index (κ2) is 10.2. The van der Waals surface area contributed by atoms with E-state index in [4.69, 9.17) is 11.6 Å². The quantitative estimate of drug-likeness (QED) is 0.283. The molecule has 11 heteroatoms. The number of aryl methyl sites for hydroxylation is 2. The Bertz CT molecular complexity index is 1740. The second-order valence-corrected chi connectivity index (χ2v) is 9.68. The summed E-state index contributed by atoms with van der Waals surface area (Å²) in [5, 5.41) is 26.7. The van der Waals surface area contributed by atoms with E-state index in [2.05, 4.69) is 42.7 Å². The van der Waals surface area contributed by atoms with E-state index in [1.165, 1.54) is 16.9 Å². The van der Waals surface area contributed by atoms with Gasteiger partial charge in [0.1, 0.15) is 5.82 Å². The molecule has 3 heterocycles. The summed E-state index contributed by atoms with van der Waals surface area (Å²) in [6.07, 6.45) is 10.6. The molecule has 9 nitrogen and oxygen atoms in total. The first-order chi connectivity index (χ1) is 19.0. The molecule has 0 bridgehead atoms. The van der Waals surface area contributed by atoms with Gasteiger partial charge in [-0.05, 0) is 77.6 Å². The van der Waals surface area contributed by atoms with Gasteiger partial charge in [0.25, 0.3) is 0 Å². The standard InChI is InChI=1S/C28H23ClFN9/c1-18-3-4-20(26(11-18)37-31-5-6-32-37)13-21-15-24(29)16-22(28(21)39-35-9-10-36-39)14-23-17-25(30)12-19(2)27(23)38-33-7-8-34-38/h3-12,15-17H,13-14H2,1-2H3. The van der Waals surface area contributed by atoms with Crippen molar-refractivity contribution in [1.29, 1.82) is 0 Å². The Morgan fingerprint density at radius 2 is 1.13 bits per heavy atom. The molecule has 0 aliphatic rings. The maximum absolute atomic E-state index is 14.7. The van der Waals surface area contributed by atoms with Gasteiger partial charge in [0.05, 0.1) is 54.2 Å². The van der Waals surface area contributed by atoms with Crippen molar-refractivity contribution in [3.05, 3.63) is 124 Å². The highest BCUT2D eigenvalue weighted by Crippen LogP contribution is 2.31. The summed E-state index contributed by atoms with van der Waals surface area (Å²) >= 11 is 6.70. The van der Waals surface area contributed by atoms with Gasteiger partial charge in [-0.15, -0.1) is 0 Å². The van der Waals surface area contributed by atoms with Crippen molar-refractivity contribution in [1.82, 2.24) is 45.0 Å². The molecule has 0 radical (unpaired) electrons. The molecule has 0 saturated heterocycles. The molecule has 0 aliphatic heterocycles. The van der Waals surface area contributed by atoms with Crippen LogP contribution < -0.4 is 0 Å². The van der Waals surface area contributed by atoms with Crippen molar-refractivity contribution in [2.45, 2.75) is 26.7 Å². The molecule has 0 saturated carbocycles. The molecule has 0 amide bonds. The van der Waals surface area contributed by atoms with Crippen LogP contribution in [0, 0.1) is 19.7 Å². The lowest BCUT2D eigenvalue weighted by atomic mass is 9.94. The molecular formula is C28H23ClFN9. The van der Waals surface area contributed by atoms with Gasteiger partial charge in [0.15, 0.2) is 0 Å². The third-order valence-electron chi connectivity index (χ3n) is 6.45. The lowest BCUT2D eigenvalue weighted by Gasteiger charge is -2.18. The van der Waals surface area contributed by atoms with Gasteiger partial charge >= 0.3 is 0 Å². The number of rotatable bonds is 7. The van der Waals surface area contributed by atoms with Crippen LogP contribution in [0.25, 0.3) is 17.1 Å². The van der Waals surface area contributed by atoms with Crippen molar-refractivity contribution in [2.75, 3.05) is 0 Å². The Kier molecular flexibility index (Phi) is 6.45. The highest BCUT2D eigenvalue weighted by molar-refractivity contribution is 6.30. The Morgan fingerprint density at radius 3 is 1.74 bits per heavy atom. The van der Waals surface area contributed by atoms with E-state index in [-0.39, 0.29) is 5.82 Å². The fourth-order valence-electron chi connectivity index (χ4n) is 4.89. The zero-order valence-corrected chi connectivity index (χ0v) is 22.0. The summed E-state index contributed by atoms with van der Waals surface area (Å²) in [6, 6.07) is 12.9. The van der Waals surface area contributed by atoms with Gasteiger partial charge in [-0.1, -0.05) is 23.7 Å². The average molecular weight is 540 g/mol. The van der Waals surface area contributed by atoms with Crippen molar-refractivity contribution in [2.24, 2.45) is 0 Å². The van der Waals surface area contributed by atoms with E-state index in [1.54, 1.807) is 46.8 Å². The van der Waals surface area contributed by atoms with Crippen molar-refractivity contribution < 1.29 is 4.39 Å². The Morgan fingerprint density at radius 1 is 0.615 bits per heavy atom. The number of hydrogen-bond donors (Lipinski definition) is 0. The topological polar surface area (TPSA) is 92.1 Å². The zero-order valence-electron chi connectivity index (χ0n) is 21.2. The molecule has 6 aromatic rings. The first kappa shape index (κ1) is 24.6. The fourth-order valence-corrected chi connectivity index (χ4v) is 5.16. The molecule has 0 aliphatic carbocycles. The predicted molar refractivity (Wildman–Crippen MR) is 144 cm³/mol. The summed E-state index contributed by atoms with van der Waals surface area (Å²) in [5.74, 6) is -0.338. The minimum atomic E-state index is -0.338. The monoisotopic (exact) mass is 539 g/mol. The number of nitrogens with zero attached hydrogens (tertiary/aromatic N) is 9. The zero-order chi connectivity index (χ0) is 26.9. The first-order valence-corrected chi connectivity index (χ1v) is 12.6. The van der Waals surface area contributed by atoms with Crippen LogP contribution in [-0.2, 0) is 12.8 Å². The Labute approximate surface area is 228 Å². The van der Waals surface area contributed by atoms with Crippen LogP contribution in [-0.4, -0.2) is 45.0 Å². The van der Waals surface area contributed by atoms with E-state index in [9.17, 15) is 4.39 Å². The minimum Gasteiger partial charge on any atom is -0.207 e. The third kappa shape index (κ3) is 4.94.